The van der Waals surface area contributed by atoms with E-state index >= 15 is 0 Å². The van der Waals surface area contributed by atoms with Crippen molar-refractivity contribution in [2.75, 3.05) is 25.7 Å². The number of likely N-dealkylation sites (tertiary alicyclic amines) is 1. The van der Waals surface area contributed by atoms with Crippen molar-refractivity contribution in [1.82, 2.24) is 45.4 Å². The molecule has 4 N–H and O–H groups in total. The predicted octanol–water partition coefficient (Wildman–Crippen LogP) is 6.42. The van der Waals surface area contributed by atoms with E-state index in [1.165, 1.54) is 14.2 Å². The number of hydrogen-bond acceptors (Lipinski definition) is 10. The molecule has 0 radical (unpaired) electrons. The summed E-state index contributed by atoms with van der Waals surface area (Å²) in [5.74, 6) is 1.46. The van der Waals surface area contributed by atoms with E-state index in [-0.39, 0.29) is 29.8 Å². The third-order valence-electron chi connectivity index (χ3n) is 12.0. The number of nitrogens with one attached hydrogen (secondary N) is 4. The molecule has 0 aliphatic carbocycles. The molecule has 3 aliphatic rings. The number of carbonyl (C=O) groups is 4. The predicted molar refractivity (Wildman–Crippen MR) is 226 cm³/mol. The fraction of sp³-hybridized carbons (Fsp3) is 0.333. The van der Waals surface area contributed by atoms with Crippen LogP contribution in [-0.4, -0.2) is 91.7 Å². The first-order valence-corrected chi connectivity index (χ1v) is 20.5. The number of ether oxygens (including phenoxy) is 2. The number of methoxy groups -OCH3 is 2. The second-order valence-corrected chi connectivity index (χ2v) is 16.1. The molecule has 6 heterocycles. The molecule has 16 nitrogen and oxygen atoms in total. The summed E-state index contributed by atoms with van der Waals surface area (Å²) < 4.78 is 9.57. The number of para-hydroxylation sites is 1. The number of carbonyl (C=O) groups excluding carboxylic acids is 4. The van der Waals surface area contributed by atoms with Crippen LogP contribution in [-0.2, 0) is 31.9 Å². The number of benzene rings is 3. The van der Waals surface area contributed by atoms with Crippen LogP contribution in [0.25, 0.3) is 44.7 Å². The van der Waals surface area contributed by atoms with E-state index < -0.39 is 24.3 Å². The highest BCUT2D eigenvalue weighted by Crippen LogP contribution is 2.44. The molecule has 3 aromatic carbocycles. The van der Waals surface area contributed by atoms with Gasteiger partial charge in [0.1, 0.15) is 23.7 Å². The first-order valence-electron chi connectivity index (χ1n) is 20.5. The number of amides is 4. The van der Waals surface area contributed by atoms with Crippen molar-refractivity contribution in [2.24, 2.45) is 5.92 Å². The summed E-state index contributed by atoms with van der Waals surface area (Å²) in [5, 5.41) is 7.47. The van der Waals surface area contributed by atoms with Gasteiger partial charge in [-0.1, -0.05) is 56.3 Å². The highest BCUT2D eigenvalue weighted by Gasteiger charge is 2.43. The van der Waals surface area contributed by atoms with E-state index in [1.54, 1.807) is 34.6 Å². The maximum absolute atomic E-state index is 13.9. The molecule has 0 saturated carbocycles. The summed E-state index contributed by atoms with van der Waals surface area (Å²) in [7, 11) is 2.57. The Balaban J connectivity index is 0.895. The highest BCUT2D eigenvalue weighted by atomic mass is 16.5. The van der Waals surface area contributed by atoms with E-state index in [0.29, 0.717) is 43.3 Å². The molecule has 312 valence electrons. The van der Waals surface area contributed by atoms with Crippen molar-refractivity contribution in [3.05, 3.63) is 102 Å². The lowest BCUT2D eigenvalue weighted by Gasteiger charge is -2.30. The molecule has 4 atom stereocenters. The van der Waals surface area contributed by atoms with Gasteiger partial charge < -0.3 is 35.0 Å². The van der Waals surface area contributed by atoms with Crippen LogP contribution in [0.4, 0.5) is 15.3 Å². The summed E-state index contributed by atoms with van der Waals surface area (Å²) in [6.45, 7) is 4.38. The summed E-state index contributed by atoms with van der Waals surface area (Å²) in [4.78, 5) is 80.9. The third kappa shape index (κ3) is 7.42. The molecule has 4 amide bonds. The molecule has 0 spiro atoms. The average molecular weight is 823 g/mol. The van der Waals surface area contributed by atoms with Gasteiger partial charge >= 0.3 is 12.2 Å². The number of anilines is 1. The lowest BCUT2D eigenvalue weighted by Crippen LogP contribution is -2.51. The van der Waals surface area contributed by atoms with Crippen molar-refractivity contribution in [3.8, 4) is 33.9 Å². The standard InChI is InChI=1S/C45H46N10O6/c1-24(2)37(53-45(59)61-4)43(57)54-16-6-9-35(54)40-48-22-33(50-40)28-12-10-27-18-30(13-11-26(27)17-28)39-46-20-31(21-47-39)34-23-49-41(51-34)36-19-29-8-5-7-25-14-15-32(52-44(58)60-3)42(56)55(36)38(25)29/h5,7-8,10-13,17-18,20-24,32,35-37H,6,9,14-16,19H2,1-4H3,(H,48,50)(H,49,51)(H,52,58)(H,53,59)/t32-,35-,36-,37-/m0/s1. The van der Waals surface area contributed by atoms with E-state index in [1.807, 2.05) is 50.2 Å². The normalized spacial score (nSPS) is 18.8. The van der Waals surface area contributed by atoms with Gasteiger partial charge in [0, 0.05) is 42.0 Å². The number of alkyl carbamates (subject to hydrolysis) is 2. The zero-order valence-electron chi connectivity index (χ0n) is 34.3. The van der Waals surface area contributed by atoms with Gasteiger partial charge in [-0.05, 0) is 65.6 Å². The van der Waals surface area contributed by atoms with Gasteiger partial charge in [0.15, 0.2) is 5.82 Å². The number of fused-ring (bicyclic) bond motifs is 1. The summed E-state index contributed by atoms with van der Waals surface area (Å²) in [6, 6.07) is 16.4. The minimum atomic E-state index is -0.720. The van der Waals surface area contributed by atoms with Gasteiger partial charge in [0.25, 0.3) is 0 Å². The van der Waals surface area contributed by atoms with Crippen LogP contribution in [0.2, 0.25) is 0 Å². The van der Waals surface area contributed by atoms with Crippen molar-refractivity contribution >= 4 is 40.5 Å². The monoisotopic (exact) mass is 822 g/mol. The van der Waals surface area contributed by atoms with Crippen LogP contribution >= 0.6 is 0 Å². The Hall–Kier alpha value is -7.10. The fourth-order valence-electron chi connectivity index (χ4n) is 8.85. The first kappa shape index (κ1) is 39.4. The van der Waals surface area contributed by atoms with E-state index in [9.17, 15) is 19.2 Å². The van der Waals surface area contributed by atoms with Crippen LogP contribution < -0.4 is 15.5 Å². The molecule has 61 heavy (non-hydrogen) atoms. The van der Waals surface area contributed by atoms with Gasteiger partial charge in [-0.15, -0.1) is 0 Å². The smallest absolute Gasteiger partial charge is 0.407 e. The van der Waals surface area contributed by atoms with E-state index in [2.05, 4.69) is 38.8 Å². The summed E-state index contributed by atoms with van der Waals surface area (Å²) in [6.07, 6.45) is 9.09. The number of imidazole rings is 2. The van der Waals surface area contributed by atoms with Crippen LogP contribution in [0.15, 0.2) is 79.4 Å². The summed E-state index contributed by atoms with van der Waals surface area (Å²) >= 11 is 0. The van der Waals surface area contributed by atoms with Crippen molar-refractivity contribution in [1.29, 1.82) is 0 Å². The van der Waals surface area contributed by atoms with Crippen LogP contribution in [0.1, 0.15) is 68.0 Å². The lowest BCUT2D eigenvalue weighted by molar-refractivity contribution is -0.135. The Kier molecular flexibility index (Phi) is 10.4. The van der Waals surface area contributed by atoms with Gasteiger partial charge in [0.2, 0.25) is 11.8 Å². The molecule has 3 aromatic heterocycles. The van der Waals surface area contributed by atoms with E-state index in [4.69, 9.17) is 29.4 Å². The maximum Gasteiger partial charge on any atom is 0.407 e. The minimum absolute atomic E-state index is 0.116. The maximum atomic E-state index is 13.9. The number of nitrogens with zero attached hydrogens (tertiary/aromatic N) is 6. The zero-order chi connectivity index (χ0) is 42.4. The Labute approximate surface area is 351 Å². The Morgan fingerprint density at radius 3 is 2.13 bits per heavy atom. The van der Waals surface area contributed by atoms with Crippen LogP contribution in [0.3, 0.4) is 0 Å². The quantitative estimate of drug-likeness (QED) is 0.126. The Morgan fingerprint density at radius 1 is 0.770 bits per heavy atom. The number of aromatic nitrogens is 6. The third-order valence-corrected chi connectivity index (χ3v) is 12.0. The largest absolute Gasteiger partial charge is 0.453 e. The van der Waals surface area contributed by atoms with Gasteiger partial charge in [-0.3, -0.25) is 14.5 Å². The van der Waals surface area contributed by atoms with Gasteiger partial charge in [0.05, 0.1) is 55.8 Å². The number of aromatic amines is 2. The number of hydrogen-bond donors (Lipinski definition) is 4. The molecule has 3 aliphatic heterocycles. The second kappa shape index (κ2) is 16.2. The fourth-order valence-corrected chi connectivity index (χ4v) is 8.85. The highest BCUT2D eigenvalue weighted by molar-refractivity contribution is 6.02. The van der Waals surface area contributed by atoms with Gasteiger partial charge in [-0.25, -0.2) is 29.5 Å². The SMILES string of the molecule is COC(=O)N[C@H]1CCc2cccc3c2N(C1=O)[C@H](c1ncc(-c2cnc(-c4ccc5cc(-c6cnc([C@@H]7CCCN7C(=O)[C@@H](NC(=O)OC)C(C)C)[nH]6)ccc5c4)nc2)[nH]1)C3. The molecule has 0 bridgehead atoms. The van der Waals surface area contributed by atoms with Gasteiger partial charge in [-0.2, -0.15) is 0 Å². The lowest BCUT2D eigenvalue weighted by atomic mass is 10.0. The second-order valence-electron chi connectivity index (χ2n) is 16.1. The van der Waals surface area contributed by atoms with Crippen LogP contribution in [0.5, 0.6) is 0 Å². The number of H-pyrrole nitrogens is 2. The number of rotatable bonds is 9. The molecule has 16 heteroatoms. The molecule has 1 saturated heterocycles. The molecule has 9 rings (SSSR count). The minimum Gasteiger partial charge on any atom is -0.453 e. The average Bonchev–Trinajstić information content (AvgIpc) is 4.11. The number of aryl methyl sites for hydroxylation is 1. The van der Waals surface area contributed by atoms with E-state index in [0.717, 1.165) is 68.5 Å². The first-order chi connectivity index (χ1) is 29.6. The Bertz CT molecular complexity index is 2660. The summed E-state index contributed by atoms with van der Waals surface area (Å²) in [5.41, 5.74) is 7.16. The molecule has 6 aromatic rings. The molecular formula is C45H46N10O6. The molecule has 1 fully saturated rings. The molecule has 0 unspecified atom stereocenters. The Morgan fingerprint density at radius 2 is 1.43 bits per heavy atom. The molecular weight excluding hydrogens is 777 g/mol. The van der Waals surface area contributed by atoms with Crippen molar-refractivity contribution in [3.63, 3.8) is 0 Å². The van der Waals surface area contributed by atoms with Crippen LogP contribution in [0, 0.1) is 5.92 Å². The topological polar surface area (TPSA) is 200 Å². The zero-order valence-corrected chi connectivity index (χ0v) is 34.3. The van der Waals surface area contributed by atoms with Crippen molar-refractivity contribution < 1.29 is 28.7 Å². The van der Waals surface area contributed by atoms with Crippen molar-refractivity contribution in [2.45, 2.75) is 70.1 Å².